The summed E-state index contributed by atoms with van der Waals surface area (Å²) in [5.41, 5.74) is 0.883. The highest BCUT2D eigenvalue weighted by atomic mass is 16.5. The summed E-state index contributed by atoms with van der Waals surface area (Å²) in [6, 6.07) is 5.00. The Kier molecular flexibility index (Phi) is 5.12. The van der Waals surface area contributed by atoms with Crippen LogP contribution in [0.4, 0.5) is 0 Å². The average molecular weight is 253 g/mol. The molecule has 5 heteroatoms. The second kappa shape index (κ2) is 6.37. The Labute approximate surface area is 107 Å². The third kappa shape index (κ3) is 3.45. The fourth-order valence-corrected chi connectivity index (χ4v) is 1.68. The largest absolute Gasteiger partial charge is 0.507 e. The number of aliphatic hydroxyl groups is 1. The van der Waals surface area contributed by atoms with E-state index in [4.69, 9.17) is 4.74 Å². The number of aromatic hydroxyl groups is 1. The van der Waals surface area contributed by atoms with Gasteiger partial charge in [0, 0.05) is 20.7 Å². The zero-order chi connectivity index (χ0) is 13.7. The molecule has 18 heavy (non-hydrogen) atoms. The lowest BCUT2D eigenvalue weighted by molar-refractivity contribution is 0.0379. The number of carbonyl (C=O) groups excluding carboxylic acids is 1. The number of amides is 1. The summed E-state index contributed by atoms with van der Waals surface area (Å²) >= 11 is 0. The van der Waals surface area contributed by atoms with E-state index in [9.17, 15) is 15.0 Å². The van der Waals surface area contributed by atoms with Crippen molar-refractivity contribution in [3.05, 3.63) is 29.3 Å². The lowest BCUT2D eigenvalue weighted by atomic mass is 10.1. The summed E-state index contributed by atoms with van der Waals surface area (Å²) in [5.74, 6) is -0.345. The predicted molar refractivity (Wildman–Crippen MR) is 67.7 cm³/mol. The first kappa shape index (κ1) is 14.5. The lowest BCUT2D eigenvalue weighted by Crippen LogP contribution is -2.36. The van der Waals surface area contributed by atoms with E-state index in [1.807, 2.05) is 0 Å². The van der Waals surface area contributed by atoms with Crippen molar-refractivity contribution < 1.29 is 19.7 Å². The third-order valence-electron chi connectivity index (χ3n) is 2.66. The number of aliphatic hydroxyl groups excluding tert-OH is 1. The molecule has 1 rings (SSSR count). The first-order valence-corrected chi connectivity index (χ1v) is 5.68. The molecule has 1 amide bonds. The van der Waals surface area contributed by atoms with E-state index in [0.29, 0.717) is 5.56 Å². The van der Waals surface area contributed by atoms with Gasteiger partial charge in [0.15, 0.2) is 0 Å². The number of rotatable bonds is 5. The molecule has 0 bridgehead atoms. The van der Waals surface area contributed by atoms with Crippen molar-refractivity contribution in [3.63, 3.8) is 0 Å². The maximum atomic E-state index is 12.1. The van der Waals surface area contributed by atoms with E-state index in [1.54, 1.807) is 32.2 Å². The van der Waals surface area contributed by atoms with Crippen molar-refractivity contribution in [3.8, 4) is 5.75 Å². The van der Waals surface area contributed by atoms with Gasteiger partial charge in [0.1, 0.15) is 5.75 Å². The van der Waals surface area contributed by atoms with E-state index in [0.717, 1.165) is 0 Å². The maximum Gasteiger partial charge on any atom is 0.257 e. The van der Waals surface area contributed by atoms with Crippen molar-refractivity contribution in [2.24, 2.45) is 0 Å². The van der Waals surface area contributed by atoms with Gasteiger partial charge in [-0.1, -0.05) is 12.1 Å². The van der Waals surface area contributed by atoms with E-state index in [2.05, 4.69) is 0 Å². The number of ether oxygens (including phenoxy) is 1. The Balaban J connectivity index is 2.77. The summed E-state index contributed by atoms with van der Waals surface area (Å²) in [6.45, 7) is 2.04. The molecule has 1 aromatic rings. The Bertz CT molecular complexity index is 419. The van der Waals surface area contributed by atoms with Crippen LogP contribution in [0.1, 0.15) is 15.9 Å². The Hall–Kier alpha value is -1.59. The summed E-state index contributed by atoms with van der Waals surface area (Å²) in [7, 11) is 3.06. The van der Waals surface area contributed by atoms with Gasteiger partial charge in [-0.3, -0.25) is 4.79 Å². The highest BCUT2D eigenvalue weighted by Crippen LogP contribution is 2.22. The topological polar surface area (TPSA) is 70.0 Å². The van der Waals surface area contributed by atoms with Crippen LogP contribution < -0.4 is 0 Å². The van der Waals surface area contributed by atoms with Crippen molar-refractivity contribution >= 4 is 5.91 Å². The minimum absolute atomic E-state index is 0.0180. The fraction of sp³-hybridized carbons (Fsp3) is 0.462. The third-order valence-corrected chi connectivity index (χ3v) is 2.66. The predicted octanol–water partition coefficient (Wildman–Crippen LogP) is 0.780. The van der Waals surface area contributed by atoms with Crippen LogP contribution in [-0.2, 0) is 4.74 Å². The molecule has 0 saturated carbocycles. The molecule has 0 heterocycles. The van der Waals surface area contributed by atoms with Crippen LogP contribution in [0.15, 0.2) is 18.2 Å². The van der Waals surface area contributed by atoms with E-state index >= 15 is 0 Å². The molecule has 0 aromatic heterocycles. The standard InChI is InChI=1S/C13H19NO4/c1-9-5-4-6-11(12(9)16)13(17)14(2)7-10(15)8-18-3/h4-6,10,15-16H,7-8H2,1-3H3. The highest BCUT2D eigenvalue weighted by Gasteiger charge is 2.18. The molecular weight excluding hydrogens is 234 g/mol. The molecule has 1 atom stereocenters. The van der Waals surface area contributed by atoms with Crippen molar-refractivity contribution in [1.29, 1.82) is 0 Å². The molecule has 0 aliphatic heterocycles. The summed E-state index contributed by atoms with van der Waals surface area (Å²) < 4.78 is 4.80. The second-order valence-electron chi connectivity index (χ2n) is 4.27. The van der Waals surface area contributed by atoms with Crippen molar-refractivity contribution in [2.75, 3.05) is 27.3 Å². The number of hydrogen-bond acceptors (Lipinski definition) is 4. The van der Waals surface area contributed by atoms with Gasteiger partial charge in [0.25, 0.3) is 5.91 Å². The van der Waals surface area contributed by atoms with Gasteiger partial charge < -0.3 is 19.8 Å². The minimum atomic E-state index is -0.740. The number of nitrogens with zero attached hydrogens (tertiary/aromatic N) is 1. The number of aryl methyl sites for hydroxylation is 1. The van der Waals surface area contributed by atoms with Crippen LogP contribution in [0, 0.1) is 6.92 Å². The van der Waals surface area contributed by atoms with Crippen LogP contribution in [0.3, 0.4) is 0 Å². The number of likely N-dealkylation sites (N-methyl/N-ethyl adjacent to an activating group) is 1. The number of hydrogen-bond donors (Lipinski definition) is 2. The zero-order valence-electron chi connectivity index (χ0n) is 10.9. The molecule has 1 unspecified atom stereocenters. The average Bonchev–Trinajstić information content (AvgIpc) is 2.32. The van der Waals surface area contributed by atoms with Gasteiger partial charge in [-0.05, 0) is 18.6 Å². The molecule has 0 aliphatic carbocycles. The van der Waals surface area contributed by atoms with Crippen molar-refractivity contribution in [2.45, 2.75) is 13.0 Å². The number of carbonyl (C=O) groups is 1. The first-order chi connectivity index (χ1) is 8.47. The van der Waals surface area contributed by atoms with Crippen LogP contribution in [-0.4, -0.2) is 54.4 Å². The number of para-hydroxylation sites is 1. The van der Waals surface area contributed by atoms with Gasteiger partial charge >= 0.3 is 0 Å². The molecule has 2 N–H and O–H groups in total. The maximum absolute atomic E-state index is 12.1. The van der Waals surface area contributed by atoms with Gasteiger partial charge in [0.2, 0.25) is 0 Å². The number of benzene rings is 1. The number of phenolic OH excluding ortho intramolecular Hbond substituents is 1. The van der Waals surface area contributed by atoms with Crippen LogP contribution in [0.25, 0.3) is 0 Å². The molecule has 0 radical (unpaired) electrons. The molecular formula is C13H19NO4. The minimum Gasteiger partial charge on any atom is -0.507 e. The van der Waals surface area contributed by atoms with E-state index < -0.39 is 6.10 Å². The van der Waals surface area contributed by atoms with Crippen LogP contribution >= 0.6 is 0 Å². The normalized spacial score (nSPS) is 12.2. The second-order valence-corrected chi connectivity index (χ2v) is 4.27. The number of phenols is 1. The summed E-state index contributed by atoms with van der Waals surface area (Å²) in [4.78, 5) is 13.4. The van der Waals surface area contributed by atoms with Crippen LogP contribution in [0.2, 0.25) is 0 Å². The Morgan fingerprint density at radius 1 is 1.50 bits per heavy atom. The lowest BCUT2D eigenvalue weighted by Gasteiger charge is -2.21. The Morgan fingerprint density at radius 3 is 2.78 bits per heavy atom. The van der Waals surface area contributed by atoms with E-state index in [1.165, 1.54) is 12.0 Å². The Morgan fingerprint density at radius 2 is 2.17 bits per heavy atom. The smallest absolute Gasteiger partial charge is 0.257 e. The molecule has 0 fully saturated rings. The molecule has 0 saturated heterocycles. The molecule has 0 spiro atoms. The molecule has 1 aromatic carbocycles. The fourth-order valence-electron chi connectivity index (χ4n) is 1.68. The van der Waals surface area contributed by atoms with Crippen molar-refractivity contribution in [1.82, 2.24) is 4.90 Å². The first-order valence-electron chi connectivity index (χ1n) is 5.68. The molecule has 5 nitrogen and oxygen atoms in total. The summed E-state index contributed by atoms with van der Waals surface area (Å²) in [6.07, 6.45) is -0.740. The van der Waals surface area contributed by atoms with Crippen LogP contribution in [0.5, 0.6) is 5.75 Å². The van der Waals surface area contributed by atoms with E-state index in [-0.39, 0.29) is 30.4 Å². The summed E-state index contributed by atoms with van der Waals surface area (Å²) in [5, 5.41) is 19.4. The molecule has 0 aliphatic rings. The van der Waals surface area contributed by atoms with Gasteiger partial charge in [-0.15, -0.1) is 0 Å². The monoisotopic (exact) mass is 253 g/mol. The SMILES string of the molecule is COCC(O)CN(C)C(=O)c1cccc(C)c1O. The quantitative estimate of drug-likeness (QED) is 0.813. The number of methoxy groups -OCH3 is 1. The van der Waals surface area contributed by atoms with Gasteiger partial charge in [-0.25, -0.2) is 0 Å². The van der Waals surface area contributed by atoms with Gasteiger partial charge in [-0.2, -0.15) is 0 Å². The highest BCUT2D eigenvalue weighted by molar-refractivity contribution is 5.97. The zero-order valence-corrected chi connectivity index (χ0v) is 10.9. The van der Waals surface area contributed by atoms with Gasteiger partial charge in [0.05, 0.1) is 18.3 Å². The molecule has 100 valence electrons.